The number of carbonyl (C=O) groups excluding carboxylic acids is 1. The minimum Gasteiger partial charge on any atom is -0.393 e. The first-order chi connectivity index (χ1) is 8.08. The molecule has 17 heavy (non-hydrogen) atoms. The summed E-state index contributed by atoms with van der Waals surface area (Å²) in [5.41, 5.74) is 0. The van der Waals surface area contributed by atoms with Crippen LogP contribution in [-0.4, -0.2) is 36.8 Å². The summed E-state index contributed by atoms with van der Waals surface area (Å²) in [6.07, 6.45) is 3.76. The number of hydrogen-bond donors (Lipinski definition) is 3. The van der Waals surface area contributed by atoms with Gasteiger partial charge in [-0.25, -0.2) is 0 Å². The second-order valence-corrected chi connectivity index (χ2v) is 5.50. The lowest BCUT2D eigenvalue weighted by Gasteiger charge is -2.11. The monoisotopic (exact) mass is 242 g/mol. The molecule has 0 aromatic heterocycles. The summed E-state index contributed by atoms with van der Waals surface area (Å²) in [4.78, 5) is 11.4. The highest BCUT2D eigenvalue weighted by Gasteiger charge is 2.22. The number of carbonyl (C=O) groups is 1. The zero-order valence-electron chi connectivity index (χ0n) is 11.0. The van der Waals surface area contributed by atoms with Crippen LogP contribution in [0, 0.1) is 11.8 Å². The molecule has 4 nitrogen and oxygen atoms in total. The van der Waals surface area contributed by atoms with E-state index >= 15 is 0 Å². The van der Waals surface area contributed by atoms with E-state index < -0.39 is 0 Å². The van der Waals surface area contributed by atoms with Gasteiger partial charge in [0.2, 0.25) is 5.91 Å². The molecular weight excluding hydrogens is 216 g/mol. The SMILES string of the molecule is CC(C)CCNC(=O)CNCC1CCC(O)C1. The molecule has 3 N–H and O–H groups in total. The van der Waals surface area contributed by atoms with Crippen molar-refractivity contribution in [2.75, 3.05) is 19.6 Å². The second kappa shape index (κ2) is 7.67. The predicted octanol–water partition coefficient (Wildman–Crippen LogP) is 0.899. The summed E-state index contributed by atoms with van der Waals surface area (Å²) in [5, 5.41) is 15.4. The molecule has 1 aliphatic rings. The third-order valence-corrected chi connectivity index (χ3v) is 3.28. The van der Waals surface area contributed by atoms with E-state index in [0.717, 1.165) is 38.8 Å². The Kier molecular flexibility index (Phi) is 6.52. The van der Waals surface area contributed by atoms with E-state index in [1.54, 1.807) is 0 Å². The Hall–Kier alpha value is -0.610. The van der Waals surface area contributed by atoms with Gasteiger partial charge in [0.1, 0.15) is 0 Å². The molecule has 1 aliphatic carbocycles. The average Bonchev–Trinajstić information content (AvgIpc) is 2.63. The summed E-state index contributed by atoms with van der Waals surface area (Å²) >= 11 is 0. The standard InChI is InChI=1S/C13H26N2O2/c1-10(2)5-6-15-13(17)9-14-8-11-3-4-12(16)7-11/h10-12,14,16H,3-9H2,1-2H3,(H,15,17). The first kappa shape index (κ1) is 14.5. The lowest BCUT2D eigenvalue weighted by atomic mass is 10.1. The van der Waals surface area contributed by atoms with E-state index in [9.17, 15) is 9.90 Å². The van der Waals surface area contributed by atoms with Crippen molar-refractivity contribution in [1.82, 2.24) is 10.6 Å². The van der Waals surface area contributed by atoms with Crippen LogP contribution in [-0.2, 0) is 4.79 Å². The summed E-state index contributed by atoms with van der Waals surface area (Å²) in [5.74, 6) is 1.24. The number of nitrogens with one attached hydrogen (secondary N) is 2. The second-order valence-electron chi connectivity index (χ2n) is 5.50. The number of hydrogen-bond acceptors (Lipinski definition) is 3. The molecule has 0 aliphatic heterocycles. The van der Waals surface area contributed by atoms with Crippen LogP contribution >= 0.6 is 0 Å². The predicted molar refractivity (Wildman–Crippen MR) is 68.7 cm³/mol. The lowest BCUT2D eigenvalue weighted by Crippen LogP contribution is -2.36. The third-order valence-electron chi connectivity index (χ3n) is 3.28. The van der Waals surface area contributed by atoms with Gasteiger partial charge in [-0.05, 0) is 44.1 Å². The maximum atomic E-state index is 11.4. The summed E-state index contributed by atoms with van der Waals surface area (Å²) in [6.45, 7) is 6.30. The number of rotatable bonds is 7. The van der Waals surface area contributed by atoms with Crippen molar-refractivity contribution < 1.29 is 9.90 Å². The zero-order valence-corrected chi connectivity index (χ0v) is 11.0. The van der Waals surface area contributed by atoms with Gasteiger partial charge in [0.15, 0.2) is 0 Å². The van der Waals surface area contributed by atoms with Gasteiger partial charge in [-0.1, -0.05) is 13.8 Å². The molecule has 2 unspecified atom stereocenters. The van der Waals surface area contributed by atoms with Crippen molar-refractivity contribution in [1.29, 1.82) is 0 Å². The lowest BCUT2D eigenvalue weighted by molar-refractivity contribution is -0.120. The topological polar surface area (TPSA) is 61.4 Å². The Labute approximate surface area is 104 Å². The minimum absolute atomic E-state index is 0.0733. The quantitative estimate of drug-likeness (QED) is 0.621. The van der Waals surface area contributed by atoms with Gasteiger partial charge in [-0.15, -0.1) is 0 Å². The first-order valence-electron chi connectivity index (χ1n) is 6.73. The Morgan fingerprint density at radius 2 is 2.18 bits per heavy atom. The van der Waals surface area contributed by atoms with Gasteiger partial charge >= 0.3 is 0 Å². The van der Waals surface area contributed by atoms with Gasteiger partial charge in [-0.3, -0.25) is 4.79 Å². The van der Waals surface area contributed by atoms with Crippen LogP contribution in [0.4, 0.5) is 0 Å². The molecule has 0 aromatic carbocycles. The maximum absolute atomic E-state index is 11.4. The van der Waals surface area contributed by atoms with Crippen LogP contribution < -0.4 is 10.6 Å². The Morgan fingerprint density at radius 3 is 2.76 bits per heavy atom. The number of aliphatic hydroxyl groups excluding tert-OH is 1. The van der Waals surface area contributed by atoms with Gasteiger partial charge < -0.3 is 15.7 Å². The molecule has 0 radical (unpaired) electrons. The average molecular weight is 242 g/mol. The van der Waals surface area contributed by atoms with E-state index in [4.69, 9.17) is 0 Å². The summed E-state index contributed by atoms with van der Waals surface area (Å²) in [7, 11) is 0. The van der Waals surface area contributed by atoms with Crippen LogP contribution in [0.15, 0.2) is 0 Å². The van der Waals surface area contributed by atoms with Crippen molar-refractivity contribution >= 4 is 5.91 Å². The Balaban J connectivity index is 1.96. The Morgan fingerprint density at radius 1 is 1.41 bits per heavy atom. The molecule has 0 aromatic rings. The first-order valence-corrected chi connectivity index (χ1v) is 6.73. The van der Waals surface area contributed by atoms with Crippen molar-refractivity contribution in [3.05, 3.63) is 0 Å². The molecule has 1 fully saturated rings. The molecule has 0 heterocycles. The van der Waals surface area contributed by atoms with E-state index in [1.807, 2.05) is 0 Å². The van der Waals surface area contributed by atoms with Crippen molar-refractivity contribution in [2.24, 2.45) is 11.8 Å². The molecule has 1 rings (SSSR count). The number of amides is 1. The molecule has 1 amide bonds. The van der Waals surface area contributed by atoms with Crippen LogP contribution in [0.1, 0.15) is 39.5 Å². The fourth-order valence-electron chi connectivity index (χ4n) is 2.19. The fraction of sp³-hybridized carbons (Fsp3) is 0.923. The van der Waals surface area contributed by atoms with Crippen LogP contribution in [0.3, 0.4) is 0 Å². The van der Waals surface area contributed by atoms with Gasteiger partial charge in [-0.2, -0.15) is 0 Å². The Bertz CT molecular complexity index is 231. The summed E-state index contributed by atoms with van der Waals surface area (Å²) in [6, 6.07) is 0. The normalized spacial score (nSPS) is 24.2. The van der Waals surface area contributed by atoms with E-state index in [2.05, 4.69) is 24.5 Å². The van der Waals surface area contributed by atoms with Crippen molar-refractivity contribution in [3.8, 4) is 0 Å². The fourth-order valence-corrected chi connectivity index (χ4v) is 2.19. The van der Waals surface area contributed by atoms with Gasteiger partial charge in [0, 0.05) is 6.54 Å². The van der Waals surface area contributed by atoms with E-state index in [1.165, 1.54) is 0 Å². The molecule has 0 bridgehead atoms. The van der Waals surface area contributed by atoms with Crippen molar-refractivity contribution in [2.45, 2.75) is 45.6 Å². The van der Waals surface area contributed by atoms with Gasteiger partial charge in [0.05, 0.1) is 12.6 Å². The van der Waals surface area contributed by atoms with Crippen LogP contribution in [0.2, 0.25) is 0 Å². The highest BCUT2D eigenvalue weighted by molar-refractivity contribution is 5.77. The van der Waals surface area contributed by atoms with Gasteiger partial charge in [0.25, 0.3) is 0 Å². The highest BCUT2D eigenvalue weighted by atomic mass is 16.3. The van der Waals surface area contributed by atoms with Crippen LogP contribution in [0.25, 0.3) is 0 Å². The van der Waals surface area contributed by atoms with E-state index in [-0.39, 0.29) is 12.0 Å². The van der Waals surface area contributed by atoms with E-state index in [0.29, 0.717) is 18.4 Å². The maximum Gasteiger partial charge on any atom is 0.233 e. The highest BCUT2D eigenvalue weighted by Crippen LogP contribution is 2.24. The van der Waals surface area contributed by atoms with Crippen LogP contribution in [0.5, 0.6) is 0 Å². The third kappa shape index (κ3) is 6.64. The number of aliphatic hydroxyl groups is 1. The smallest absolute Gasteiger partial charge is 0.233 e. The molecular formula is C13H26N2O2. The summed E-state index contributed by atoms with van der Waals surface area (Å²) < 4.78 is 0. The molecule has 0 saturated heterocycles. The molecule has 4 heteroatoms. The minimum atomic E-state index is -0.123. The molecule has 100 valence electrons. The molecule has 2 atom stereocenters. The molecule has 1 saturated carbocycles. The van der Waals surface area contributed by atoms with Crippen molar-refractivity contribution in [3.63, 3.8) is 0 Å². The zero-order chi connectivity index (χ0) is 12.7. The molecule has 0 spiro atoms. The largest absolute Gasteiger partial charge is 0.393 e.